The molecule has 3 aromatic rings. The number of amides is 2. The van der Waals surface area contributed by atoms with Crippen LogP contribution in [0.4, 0.5) is 5.13 Å². The minimum atomic E-state index is -0.360. The minimum absolute atomic E-state index is 0.00907. The highest BCUT2D eigenvalue weighted by Gasteiger charge is 2.25. The van der Waals surface area contributed by atoms with Crippen LogP contribution >= 0.6 is 27.3 Å². The maximum Gasteiger partial charge on any atom is 0.279 e. The molecule has 1 aromatic carbocycles. The number of aromatic nitrogens is 2. The predicted molar refractivity (Wildman–Crippen MR) is 104 cm³/mol. The van der Waals surface area contributed by atoms with Crippen LogP contribution in [0.3, 0.4) is 0 Å². The topological polar surface area (TPSA) is 88.3 Å². The standard InChI is InChI=1S/C18H15BrN4O3S/c1-10-8-14(22-26-10)16(24)21-18-20-13-6-7-23(9-15(13)27-18)17(25)11-2-4-12(19)5-3-11/h2-5,8H,6-7,9H2,1H3,(H,20,21,24). The van der Waals surface area contributed by atoms with E-state index in [0.717, 1.165) is 15.0 Å². The molecular weight excluding hydrogens is 432 g/mol. The van der Waals surface area contributed by atoms with E-state index in [9.17, 15) is 9.59 Å². The number of nitrogens with zero attached hydrogens (tertiary/aromatic N) is 3. The van der Waals surface area contributed by atoms with Crippen molar-refractivity contribution >= 4 is 44.2 Å². The summed E-state index contributed by atoms with van der Waals surface area (Å²) >= 11 is 4.76. The normalized spacial score (nSPS) is 13.3. The first-order chi connectivity index (χ1) is 13.0. The molecule has 0 bridgehead atoms. The number of aryl methyl sites for hydroxylation is 1. The number of thiazole rings is 1. The largest absolute Gasteiger partial charge is 0.361 e. The van der Waals surface area contributed by atoms with E-state index in [1.165, 1.54) is 11.3 Å². The van der Waals surface area contributed by atoms with Crippen LogP contribution in [-0.4, -0.2) is 33.4 Å². The molecule has 138 valence electrons. The Balaban J connectivity index is 1.46. The number of nitrogens with one attached hydrogen (secondary N) is 1. The van der Waals surface area contributed by atoms with Crippen molar-refractivity contribution in [1.82, 2.24) is 15.0 Å². The van der Waals surface area contributed by atoms with Gasteiger partial charge in [0.05, 0.1) is 12.2 Å². The van der Waals surface area contributed by atoms with Crippen molar-refractivity contribution < 1.29 is 14.1 Å². The second-order valence-electron chi connectivity index (χ2n) is 6.15. The van der Waals surface area contributed by atoms with E-state index in [2.05, 4.69) is 31.4 Å². The Morgan fingerprint density at radius 3 is 2.78 bits per heavy atom. The summed E-state index contributed by atoms with van der Waals surface area (Å²) in [6.07, 6.45) is 0.660. The molecular formula is C18H15BrN4O3S. The fourth-order valence-corrected chi connectivity index (χ4v) is 4.12. The van der Waals surface area contributed by atoms with Gasteiger partial charge in [0.2, 0.25) is 0 Å². The van der Waals surface area contributed by atoms with Crippen LogP contribution < -0.4 is 5.32 Å². The highest BCUT2D eigenvalue weighted by Crippen LogP contribution is 2.29. The number of carbonyl (C=O) groups is 2. The van der Waals surface area contributed by atoms with E-state index >= 15 is 0 Å². The third kappa shape index (κ3) is 3.79. The first kappa shape index (κ1) is 17.9. The maximum atomic E-state index is 12.7. The minimum Gasteiger partial charge on any atom is -0.361 e. The number of carbonyl (C=O) groups excluding carboxylic acids is 2. The lowest BCUT2D eigenvalue weighted by molar-refractivity contribution is 0.0736. The number of hydrogen-bond donors (Lipinski definition) is 1. The van der Waals surface area contributed by atoms with Crippen molar-refractivity contribution in [2.75, 3.05) is 11.9 Å². The van der Waals surface area contributed by atoms with Gasteiger partial charge < -0.3 is 9.42 Å². The molecule has 1 aliphatic rings. The number of fused-ring (bicyclic) bond motifs is 1. The van der Waals surface area contributed by atoms with E-state index in [-0.39, 0.29) is 17.5 Å². The lowest BCUT2D eigenvalue weighted by atomic mass is 10.1. The summed E-state index contributed by atoms with van der Waals surface area (Å²) in [4.78, 5) is 32.2. The molecule has 3 heterocycles. The van der Waals surface area contributed by atoms with E-state index in [4.69, 9.17) is 4.52 Å². The quantitative estimate of drug-likeness (QED) is 0.662. The van der Waals surface area contributed by atoms with E-state index in [1.54, 1.807) is 30.0 Å². The van der Waals surface area contributed by atoms with Crippen LogP contribution in [0.5, 0.6) is 0 Å². The van der Waals surface area contributed by atoms with Gasteiger partial charge in [0.15, 0.2) is 10.8 Å². The second-order valence-corrected chi connectivity index (χ2v) is 8.15. The number of hydrogen-bond acceptors (Lipinski definition) is 6. The monoisotopic (exact) mass is 446 g/mol. The predicted octanol–water partition coefficient (Wildman–Crippen LogP) is 3.65. The molecule has 27 heavy (non-hydrogen) atoms. The molecule has 1 aliphatic heterocycles. The highest BCUT2D eigenvalue weighted by molar-refractivity contribution is 9.10. The molecule has 0 radical (unpaired) electrons. The summed E-state index contributed by atoms with van der Waals surface area (Å²) in [5.41, 5.74) is 1.79. The second kappa shape index (κ2) is 7.24. The van der Waals surface area contributed by atoms with Crippen LogP contribution in [0, 0.1) is 6.92 Å². The molecule has 4 rings (SSSR count). The van der Waals surface area contributed by atoms with Gasteiger partial charge in [-0.15, -0.1) is 0 Å². The van der Waals surface area contributed by atoms with Gasteiger partial charge in [-0.3, -0.25) is 14.9 Å². The Hall–Kier alpha value is -2.52. The molecule has 0 aliphatic carbocycles. The average molecular weight is 447 g/mol. The van der Waals surface area contributed by atoms with Crippen LogP contribution in [0.25, 0.3) is 0 Å². The molecule has 0 spiro atoms. The number of anilines is 1. The molecule has 0 atom stereocenters. The van der Waals surface area contributed by atoms with Crippen LogP contribution in [0.1, 0.15) is 37.2 Å². The fraction of sp³-hybridized carbons (Fsp3) is 0.222. The molecule has 2 amide bonds. The fourth-order valence-electron chi connectivity index (χ4n) is 2.83. The van der Waals surface area contributed by atoms with Crippen molar-refractivity contribution in [2.45, 2.75) is 19.9 Å². The van der Waals surface area contributed by atoms with E-state index < -0.39 is 0 Å². The Labute approximate surface area is 167 Å². The zero-order valence-corrected chi connectivity index (χ0v) is 16.8. The average Bonchev–Trinajstić information content (AvgIpc) is 3.26. The zero-order chi connectivity index (χ0) is 19.0. The van der Waals surface area contributed by atoms with Crippen molar-refractivity contribution in [3.05, 3.63) is 62.4 Å². The first-order valence-corrected chi connectivity index (χ1v) is 9.88. The zero-order valence-electron chi connectivity index (χ0n) is 14.4. The van der Waals surface area contributed by atoms with Gasteiger partial charge in [0, 0.05) is 33.9 Å². The Morgan fingerprint density at radius 2 is 2.07 bits per heavy atom. The van der Waals surface area contributed by atoms with Crippen LogP contribution in [-0.2, 0) is 13.0 Å². The first-order valence-electron chi connectivity index (χ1n) is 8.27. The number of halogens is 1. The summed E-state index contributed by atoms with van der Waals surface area (Å²) in [5.74, 6) is 0.201. The maximum absolute atomic E-state index is 12.7. The SMILES string of the molecule is Cc1cc(C(=O)Nc2nc3c(s2)CN(C(=O)c2ccc(Br)cc2)CC3)no1. The van der Waals surface area contributed by atoms with Gasteiger partial charge in [-0.2, -0.15) is 0 Å². The molecule has 0 unspecified atom stereocenters. The van der Waals surface area contributed by atoms with Crippen molar-refractivity contribution in [3.8, 4) is 0 Å². The molecule has 0 saturated carbocycles. The molecule has 2 aromatic heterocycles. The highest BCUT2D eigenvalue weighted by atomic mass is 79.9. The number of rotatable bonds is 3. The van der Waals surface area contributed by atoms with E-state index in [0.29, 0.717) is 36.0 Å². The third-order valence-corrected chi connectivity index (χ3v) is 5.72. The molecule has 1 N–H and O–H groups in total. The summed E-state index contributed by atoms with van der Waals surface area (Å²) in [6.45, 7) is 2.81. The van der Waals surface area contributed by atoms with Gasteiger partial charge in [-0.25, -0.2) is 4.98 Å². The molecule has 7 nitrogen and oxygen atoms in total. The smallest absolute Gasteiger partial charge is 0.279 e. The van der Waals surface area contributed by atoms with Crippen LogP contribution in [0.2, 0.25) is 0 Å². The summed E-state index contributed by atoms with van der Waals surface area (Å²) in [7, 11) is 0. The third-order valence-electron chi connectivity index (χ3n) is 4.19. The van der Waals surface area contributed by atoms with Gasteiger partial charge in [-0.1, -0.05) is 32.4 Å². The van der Waals surface area contributed by atoms with Crippen molar-refractivity contribution in [2.24, 2.45) is 0 Å². The van der Waals surface area contributed by atoms with Crippen molar-refractivity contribution in [3.63, 3.8) is 0 Å². The lowest BCUT2D eigenvalue weighted by Crippen LogP contribution is -2.35. The number of benzene rings is 1. The Morgan fingerprint density at radius 1 is 1.30 bits per heavy atom. The summed E-state index contributed by atoms with van der Waals surface area (Å²) < 4.78 is 5.85. The van der Waals surface area contributed by atoms with Gasteiger partial charge in [0.25, 0.3) is 11.8 Å². The Kier molecular flexibility index (Phi) is 4.79. The van der Waals surface area contributed by atoms with Crippen LogP contribution in [0.15, 0.2) is 39.3 Å². The van der Waals surface area contributed by atoms with Gasteiger partial charge in [0.1, 0.15) is 5.76 Å². The van der Waals surface area contributed by atoms with Gasteiger partial charge in [-0.05, 0) is 31.2 Å². The molecule has 9 heteroatoms. The molecule has 0 saturated heterocycles. The van der Waals surface area contributed by atoms with Gasteiger partial charge >= 0.3 is 0 Å². The lowest BCUT2D eigenvalue weighted by Gasteiger charge is -2.26. The van der Waals surface area contributed by atoms with E-state index in [1.807, 2.05) is 12.1 Å². The summed E-state index contributed by atoms with van der Waals surface area (Å²) in [5, 5.41) is 6.95. The van der Waals surface area contributed by atoms with Crippen molar-refractivity contribution in [1.29, 1.82) is 0 Å². The Bertz CT molecular complexity index is 1010. The molecule has 0 fully saturated rings. The summed E-state index contributed by atoms with van der Waals surface area (Å²) in [6, 6.07) is 8.89.